The molecule has 18 heavy (non-hydrogen) atoms. The van der Waals surface area contributed by atoms with E-state index in [9.17, 15) is 4.79 Å². The molecule has 3 N–H and O–H groups in total. The van der Waals surface area contributed by atoms with Crippen LogP contribution < -0.4 is 10.6 Å². The number of rotatable bonds is 7. The largest absolute Gasteiger partial charge is 0.478 e. The minimum atomic E-state index is -1.04. The van der Waals surface area contributed by atoms with Gasteiger partial charge in [0.05, 0.1) is 10.6 Å². The van der Waals surface area contributed by atoms with Gasteiger partial charge in [0.2, 0.25) is 0 Å². The zero-order valence-electron chi connectivity index (χ0n) is 9.95. The second-order valence-electron chi connectivity index (χ2n) is 4.36. The number of halogens is 1. The van der Waals surface area contributed by atoms with E-state index in [0.29, 0.717) is 5.82 Å². The van der Waals surface area contributed by atoms with Crippen LogP contribution >= 0.6 is 11.6 Å². The molecule has 1 aliphatic carbocycles. The first-order valence-corrected chi connectivity index (χ1v) is 6.40. The topological polar surface area (TPSA) is 74.2 Å². The molecular weight excluding hydrogens is 254 g/mol. The first-order chi connectivity index (χ1) is 8.66. The van der Waals surface area contributed by atoms with Crippen LogP contribution in [0, 0.1) is 0 Å². The Morgan fingerprint density at radius 3 is 2.94 bits per heavy atom. The van der Waals surface area contributed by atoms with E-state index in [1.807, 2.05) is 0 Å². The smallest absolute Gasteiger partial charge is 0.337 e. The predicted octanol–water partition coefficient (Wildman–Crippen LogP) is 1.99. The lowest BCUT2D eigenvalue weighted by atomic mass is 10.2. The maximum atomic E-state index is 10.9. The van der Waals surface area contributed by atoms with Crippen LogP contribution in [0.4, 0.5) is 5.82 Å². The lowest BCUT2D eigenvalue weighted by Crippen LogP contribution is -2.20. The molecule has 2 rings (SSSR count). The number of hydrogen-bond acceptors (Lipinski definition) is 4. The maximum absolute atomic E-state index is 10.9. The molecule has 0 radical (unpaired) electrons. The van der Waals surface area contributed by atoms with E-state index in [0.717, 1.165) is 25.6 Å². The zero-order valence-corrected chi connectivity index (χ0v) is 10.7. The highest BCUT2D eigenvalue weighted by molar-refractivity contribution is 6.33. The van der Waals surface area contributed by atoms with Gasteiger partial charge in [0.1, 0.15) is 5.82 Å². The molecule has 1 saturated carbocycles. The van der Waals surface area contributed by atoms with Gasteiger partial charge in [0, 0.05) is 18.8 Å². The Morgan fingerprint density at radius 2 is 2.28 bits per heavy atom. The Balaban J connectivity index is 1.77. The summed E-state index contributed by atoms with van der Waals surface area (Å²) in [5.41, 5.74) is 0.0743. The Bertz CT molecular complexity index is 435. The van der Waals surface area contributed by atoms with Gasteiger partial charge in [-0.25, -0.2) is 9.78 Å². The molecule has 0 spiro atoms. The van der Waals surface area contributed by atoms with Crippen LogP contribution in [0.5, 0.6) is 0 Å². The first kappa shape index (κ1) is 13.1. The highest BCUT2D eigenvalue weighted by Gasteiger charge is 2.19. The average molecular weight is 270 g/mol. The number of pyridine rings is 1. The summed E-state index contributed by atoms with van der Waals surface area (Å²) in [4.78, 5) is 14.9. The van der Waals surface area contributed by atoms with Gasteiger partial charge in [-0.05, 0) is 31.9 Å². The van der Waals surface area contributed by atoms with Crippen LogP contribution in [0.15, 0.2) is 12.3 Å². The normalized spacial score (nSPS) is 14.5. The fourth-order valence-corrected chi connectivity index (χ4v) is 1.78. The molecule has 98 valence electrons. The number of nitrogens with zero attached hydrogens (tertiary/aromatic N) is 1. The Kier molecular flexibility index (Phi) is 4.38. The van der Waals surface area contributed by atoms with Crippen molar-refractivity contribution in [3.63, 3.8) is 0 Å². The molecule has 1 fully saturated rings. The highest BCUT2D eigenvalue weighted by atomic mass is 35.5. The zero-order chi connectivity index (χ0) is 13.0. The molecule has 1 aromatic rings. The summed E-state index contributed by atoms with van der Waals surface area (Å²) >= 11 is 5.74. The molecule has 0 atom stereocenters. The second-order valence-corrected chi connectivity index (χ2v) is 4.77. The van der Waals surface area contributed by atoms with Crippen LogP contribution in [0.3, 0.4) is 0 Å². The number of carboxylic acids is 1. The molecule has 0 amide bonds. The van der Waals surface area contributed by atoms with Gasteiger partial charge in [-0.15, -0.1) is 0 Å². The quantitative estimate of drug-likeness (QED) is 0.660. The van der Waals surface area contributed by atoms with E-state index in [1.165, 1.54) is 25.1 Å². The van der Waals surface area contributed by atoms with Crippen LogP contribution in [0.25, 0.3) is 0 Å². The summed E-state index contributed by atoms with van der Waals surface area (Å²) in [6, 6.07) is 2.18. The van der Waals surface area contributed by atoms with Crippen molar-refractivity contribution in [1.29, 1.82) is 0 Å². The number of aromatic nitrogens is 1. The van der Waals surface area contributed by atoms with Crippen LogP contribution in [0.2, 0.25) is 5.02 Å². The van der Waals surface area contributed by atoms with Gasteiger partial charge in [0.15, 0.2) is 0 Å². The van der Waals surface area contributed by atoms with Crippen molar-refractivity contribution in [3.8, 4) is 0 Å². The van der Waals surface area contributed by atoms with Gasteiger partial charge in [-0.3, -0.25) is 0 Å². The first-order valence-electron chi connectivity index (χ1n) is 6.03. The van der Waals surface area contributed by atoms with E-state index in [2.05, 4.69) is 15.6 Å². The molecule has 0 saturated heterocycles. The number of aromatic carboxylic acids is 1. The predicted molar refractivity (Wildman–Crippen MR) is 70.3 cm³/mol. The number of carbonyl (C=O) groups is 1. The van der Waals surface area contributed by atoms with Crippen molar-refractivity contribution in [2.75, 3.05) is 18.4 Å². The van der Waals surface area contributed by atoms with E-state index < -0.39 is 5.97 Å². The maximum Gasteiger partial charge on any atom is 0.337 e. The van der Waals surface area contributed by atoms with Gasteiger partial charge >= 0.3 is 5.97 Å². The summed E-state index contributed by atoms with van der Waals surface area (Å²) < 4.78 is 0. The van der Waals surface area contributed by atoms with Crippen molar-refractivity contribution < 1.29 is 9.90 Å². The summed E-state index contributed by atoms with van der Waals surface area (Å²) in [7, 11) is 0. The van der Waals surface area contributed by atoms with Crippen LogP contribution in [-0.2, 0) is 0 Å². The van der Waals surface area contributed by atoms with Crippen molar-refractivity contribution in [3.05, 3.63) is 22.8 Å². The summed E-state index contributed by atoms with van der Waals surface area (Å²) in [6.45, 7) is 1.73. The van der Waals surface area contributed by atoms with Crippen molar-refractivity contribution >= 4 is 23.4 Å². The van der Waals surface area contributed by atoms with Crippen molar-refractivity contribution in [2.45, 2.75) is 25.3 Å². The number of hydrogen-bond donors (Lipinski definition) is 3. The lowest BCUT2D eigenvalue weighted by Gasteiger charge is -2.07. The fraction of sp³-hybridized carbons (Fsp3) is 0.500. The van der Waals surface area contributed by atoms with Gasteiger partial charge in [-0.2, -0.15) is 0 Å². The standard InChI is InChI=1S/C12H16ClN3O2/c13-10-7-16-11(6-9(10)12(17)18)15-5-1-4-14-8-2-3-8/h6-8,14H,1-5H2,(H,15,16)(H,17,18). The van der Waals surface area contributed by atoms with E-state index >= 15 is 0 Å². The van der Waals surface area contributed by atoms with Crippen LogP contribution in [0.1, 0.15) is 29.6 Å². The molecule has 1 aromatic heterocycles. The van der Waals surface area contributed by atoms with Crippen molar-refractivity contribution in [2.24, 2.45) is 0 Å². The monoisotopic (exact) mass is 269 g/mol. The molecule has 5 nitrogen and oxygen atoms in total. The summed E-state index contributed by atoms with van der Waals surface area (Å²) in [5, 5.41) is 15.6. The molecule has 0 aliphatic heterocycles. The van der Waals surface area contributed by atoms with E-state index in [4.69, 9.17) is 16.7 Å². The molecule has 0 bridgehead atoms. The van der Waals surface area contributed by atoms with E-state index in [-0.39, 0.29) is 10.6 Å². The molecule has 0 aromatic carbocycles. The molecule has 1 aliphatic rings. The third-order valence-corrected chi connectivity index (χ3v) is 3.06. The Morgan fingerprint density at radius 1 is 1.50 bits per heavy atom. The number of anilines is 1. The fourth-order valence-electron chi connectivity index (χ4n) is 1.60. The van der Waals surface area contributed by atoms with Gasteiger partial charge in [-0.1, -0.05) is 11.6 Å². The average Bonchev–Trinajstić information content (AvgIpc) is 3.14. The summed E-state index contributed by atoms with van der Waals surface area (Å²) in [5.74, 6) is -0.496. The van der Waals surface area contributed by atoms with E-state index in [1.54, 1.807) is 0 Å². The minimum Gasteiger partial charge on any atom is -0.478 e. The number of carboxylic acid groups (broad SMARTS) is 1. The third kappa shape index (κ3) is 3.85. The molecule has 1 heterocycles. The molecule has 6 heteroatoms. The third-order valence-electron chi connectivity index (χ3n) is 2.76. The Labute approximate surface area is 111 Å². The molecule has 0 unspecified atom stereocenters. The lowest BCUT2D eigenvalue weighted by molar-refractivity contribution is 0.0697. The minimum absolute atomic E-state index is 0.0743. The Hall–Kier alpha value is -1.33. The van der Waals surface area contributed by atoms with Crippen LogP contribution in [-0.4, -0.2) is 35.2 Å². The SMILES string of the molecule is O=C(O)c1cc(NCCCNC2CC2)ncc1Cl. The van der Waals surface area contributed by atoms with Gasteiger partial charge in [0.25, 0.3) is 0 Å². The van der Waals surface area contributed by atoms with Crippen molar-refractivity contribution in [1.82, 2.24) is 10.3 Å². The molecular formula is C12H16ClN3O2. The number of nitrogens with one attached hydrogen (secondary N) is 2. The van der Waals surface area contributed by atoms with Gasteiger partial charge < -0.3 is 15.7 Å². The highest BCUT2D eigenvalue weighted by Crippen LogP contribution is 2.19. The second kappa shape index (κ2) is 6.02. The summed E-state index contributed by atoms with van der Waals surface area (Å²) in [6.07, 6.45) is 4.90.